The van der Waals surface area contributed by atoms with Crippen molar-refractivity contribution in [3.63, 3.8) is 0 Å². The highest BCUT2D eigenvalue weighted by atomic mass is 79.9. The van der Waals surface area contributed by atoms with Crippen LogP contribution in [0.2, 0.25) is 0 Å². The molecule has 0 saturated heterocycles. The molecule has 10 heteroatoms. The largest absolute Gasteiger partial charge is 0.402 e. The molecule has 25 heavy (non-hydrogen) atoms. The first-order chi connectivity index (χ1) is 11.7. The summed E-state index contributed by atoms with van der Waals surface area (Å²) in [7, 11) is 1.47. The molecule has 0 atom stereocenters. The van der Waals surface area contributed by atoms with Crippen LogP contribution in [0.1, 0.15) is 26.5 Å². The number of aryl methyl sites for hydroxylation is 1. The first kappa shape index (κ1) is 19.1. The predicted molar refractivity (Wildman–Crippen MR) is 99.7 cm³/mol. The van der Waals surface area contributed by atoms with E-state index in [9.17, 15) is 9.59 Å². The summed E-state index contributed by atoms with van der Waals surface area (Å²) in [5.74, 6) is -0.430. The molecule has 0 aliphatic heterocycles. The second kappa shape index (κ2) is 7.36. The predicted octanol–water partition coefficient (Wildman–Crippen LogP) is 2.28. The van der Waals surface area contributed by atoms with Crippen LogP contribution in [0.25, 0.3) is 0 Å². The summed E-state index contributed by atoms with van der Waals surface area (Å²) < 4.78 is 3.43. The zero-order chi connectivity index (χ0) is 18.9. The number of anilines is 1. The number of thiophene rings is 1. The van der Waals surface area contributed by atoms with Crippen molar-refractivity contribution in [1.29, 1.82) is 0 Å². The lowest BCUT2D eigenvalue weighted by molar-refractivity contribution is -0.717. The molecule has 3 N–H and O–H groups in total. The Kier molecular flexibility index (Phi) is 5.63. The Balaban J connectivity index is 2.24. The van der Waals surface area contributed by atoms with Crippen molar-refractivity contribution in [1.82, 2.24) is 9.78 Å². The second-order valence-corrected chi connectivity index (χ2v) is 7.36. The van der Waals surface area contributed by atoms with Crippen molar-refractivity contribution in [3.8, 4) is 0 Å². The third-order valence-corrected chi connectivity index (χ3v) is 5.80. The van der Waals surface area contributed by atoms with E-state index in [1.54, 1.807) is 6.92 Å². The first-order valence-corrected chi connectivity index (χ1v) is 8.85. The lowest BCUT2D eigenvalue weighted by Crippen LogP contribution is -2.22. The zero-order valence-electron chi connectivity index (χ0n) is 14.3. The molecule has 8 nitrogen and oxygen atoms in total. The van der Waals surface area contributed by atoms with Gasteiger partial charge in [0, 0.05) is 4.88 Å². The molecular weight excluding hydrogens is 410 g/mol. The summed E-state index contributed by atoms with van der Waals surface area (Å²) in [6, 6.07) is 0. The smallest absolute Gasteiger partial charge is 0.365 e. The van der Waals surface area contributed by atoms with Crippen molar-refractivity contribution in [2.24, 2.45) is 5.73 Å². The molecule has 0 aromatic carbocycles. The highest BCUT2D eigenvalue weighted by Crippen LogP contribution is 2.32. The van der Waals surface area contributed by atoms with Crippen LogP contribution in [0.4, 0.5) is 10.8 Å². The van der Waals surface area contributed by atoms with Gasteiger partial charge in [0.15, 0.2) is 0 Å². The minimum atomic E-state index is -0.565. The van der Waals surface area contributed by atoms with E-state index in [1.807, 2.05) is 13.8 Å². The Hall–Kier alpha value is -2.20. The monoisotopic (exact) mass is 428 g/mol. The van der Waals surface area contributed by atoms with Gasteiger partial charge in [0.05, 0.1) is 16.4 Å². The van der Waals surface area contributed by atoms with Crippen molar-refractivity contribution in [2.45, 2.75) is 27.3 Å². The molecule has 2 amide bonds. The van der Waals surface area contributed by atoms with Crippen molar-refractivity contribution < 1.29 is 19.2 Å². The van der Waals surface area contributed by atoms with Gasteiger partial charge < -0.3 is 15.9 Å². The van der Waals surface area contributed by atoms with Crippen molar-refractivity contribution in [3.05, 3.63) is 26.2 Å². The van der Waals surface area contributed by atoms with E-state index < -0.39 is 5.91 Å². The Morgan fingerprint density at radius 1 is 1.44 bits per heavy atom. The van der Waals surface area contributed by atoms with Crippen LogP contribution >= 0.6 is 27.3 Å². The van der Waals surface area contributed by atoms with Gasteiger partial charge in [-0.1, -0.05) is 4.74 Å². The van der Waals surface area contributed by atoms with Gasteiger partial charge in [0.25, 0.3) is 5.91 Å². The molecule has 134 valence electrons. The average Bonchev–Trinajstić information content (AvgIpc) is 2.97. The molecule has 2 rings (SSSR count). The van der Waals surface area contributed by atoms with Crippen LogP contribution in [0.3, 0.4) is 0 Å². The maximum absolute atomic E-state index is 12.4. The fourth-order valence-corrected chi connectivity index (χ4v) is 3.79. The van der Waals surface area contributed by atoms with Gasteiger partial charge in [-0.05, 0) is 42.3 Å². The third kappa shape index (κ3) is 3.74. The number of carbonyl (C=O) groups is 2. The van der Waals surface area contributed by atoms with Crippen molar-refractivity contribution in [2.75, 3.05) is 12.4 Å². The molecule has 0 aliphatic rings. The fraction of sp³-hybridized carbons (Fsp3) is 0.333. The second-order valence-electron chi connectivity index (χ2n) is 5.34. The Morgan fingerprint density at radius 2 is 2.08 bits per heavy atom. The number of nitrogens with zero attached hydrogens (tertiary/aromatic N) is 3. The molecule has 0 fully saturated rings. The number of nitrogens with two attached hydrogens (primary N) is 1. The number of halogens is 1. The number of amides is 2. The zero-order valence-corrected chi connectivity index (χ0v) is 16.7. The first-order valence-electron chi connectivity index (χ1n) is 7.24. The van der Waals surface area contributed by atoms with Gasteiger partial charge in [0.2, 0.25) is 5.91 Å². The van der Waals surface area contributed by atoms with Crippen LogP contribution in [-0.4, -0.2) is 40.2 Å². The summed E-state index contributed by atoms with van der Waals surface area (Å²) in [5, 5.41) is 7.50. The molecule has 2 heterocycles. The Labute approximate surface area is 157 Å². The quantitative estimate of drug-likeness (QED) is 0.418. The molecule has 0 saturated carbocycles. The fourth-order valence-electron chi connectivity index (χ4n) is 2.22. The minimum Gasteiger partial charge on any atom is -0.365 e. The molecule has 0 radical (unpaired) electrons. The van der Waals surface area contributed by atoms with Crippen LogP contribution in [0, 0.1) is 20.8 Å². The van der Waals surface area contributed by atoms with Gasteiger partial charge >= 0.3 is 5.82 Å². The van der Waals surface area contributed by atoms with Crippen molar-refractivity contribution >= 4 is 56.6 Å². The molecule has 0 bridgehead atoms. The standard InChI is InChI=1S/C15H18BrN5O3S/c1-7-9(3)25-15(11(7)13(17)23)18-10(22)6-21-8(2)12(16)14(19-21)20(4)24-5/h4,6H2,1-3,5H3,(H2-,17,18,22,23)/p+1. The molecule has 0 aliphatic carbocycles. The lowest BCUT2D eigenvalue weighted by atomic mass is 10.1. The molecule has 2 aromatic rings. The normalized spacial score (nSPS) is 10.6. The van der Waals surface area contributed by atoms with Gasteiger partial charge in [-0.25, -0.2) is 0 Å². The van der Waals surface area contributed by atoms with Gasteiger partial charge in [0.1, 0.15) is 29.8 Å². The Bertz CT molecular complexity index is 871. The van der Waals surface area contributed by atoms with Crippen LogP contribution < -0.4 is 11.1 Å². The molecule has 0 spiro atoms. The highest BCUT2D eigenvalue weighted by molar-refractivity contribution is 9.10. The average molecular weight is 429 g/mol. The van der Waals surface area contributed by atoms with Gasteiger partial charge in [-0.3, -0.25) is 9.59 Å². The summed E-state index contributed by atoms with van der Waals surface area (Å²) in [6.07, 6.45) is 0. The number of hydrogen-bond acceptors (Lipinski definition) is 5. The summed E-state index contributed by atoms with van der Waals surface area (Å²) in [4.78, 5) is 30.0. The number of nitrogens with one attached hydrogen (secondary N) is 1. The van der Waals surface area contributed by atoms with Crippen LogP contribution in [-0.2, 0) is 16.2 Å². The number of rotatable bonds is 6. The maximum atomic E-state index is 12.4. The van der Waals surface area contributed by atoms with E-state index in [0.717, 1.165) is 16.1 Å². The van der Waals surface area contributed by atoms with E-state index in [4.69, 9.17) is 10.6 Å². The van der Waals surface area contributed by atoms with E-state index in [-0.39, 0.29) is 12.5 Å². The minimum absolute atomic E-state index is 0.0316. The topological polar surface area (TPSA) is 102 Å². The highest BCUT2D eigenvalue weighted by Gasteiger charge is 2.26. The third-order valence-electron chi connectivity index (χ3n) is 3.75. The van der Waals surface area contributed by atoms with E-state index >= 15 is 0 Å². The van der Waals surface area contributed by atoms with Crippen LogP contribution in [0.15, 0.2) is 4.47 Å². The number of aromatic nitrogens is 2. The van der Waals surface area contributed by atoms with Crippen LogP contribution in [0.5, 0.6) is 0 Å². The number of carbonyl (C=O) groups excluding carboxylic acids is 2. The molecular formula is C15H19BrN5O3S+. The number of hydrogen-bond donors (Lipinski definition) is 2. The summed E-state index contributed by atoms with van der Waals surface area (Å²) in [5.41, 5.74) is 7.28. The summed E-state index contributed by atoms with van der Waals surface area (Å²) in [6.45, 7) is 9.14. The molecule has 2 aromatic heterocycles. The maximum Gasteiger partial charge on any atom is 0.402 e. The van der Waals surface area contributed by atoms with Gasteiger partial charge in [-0.2, -0.15) is 4.68 Å². The van der Waals surface area contributed by atoms with Gasteiger partial charge in [-0.15, -0.1) is 11.3 Å². The van der Waals surface area contributed by atoms with E-state index in [0.29, 0.717) is 20.9 Å². The van der Waals surface area contributed by atoms with E-state index in [1.165, 1.54) is 27.9 Å². The summed E-state index contributed by atoms with van der Waals surface area (Å²) >= 11 is 4.73. The SMILES string of the molecule is C=[N+](OC)c1nn(CC(=O)Nc2sc(C)c(C)c2C(N)=O)c(C)c1Br. The molecule has 0 unspecified atom stereocenters. The number of primary amides is 1. The van der Waals surface area contributed by atoms with E-state index in [2.05, 4.69) is 33.1 Å². The lowest BCUT2D eigenvalue weighted by Gasteiger charge is -2.04. The Morgan fingerprint density at radius 3 is 2.64 bits per heavy atom.